The molecule has 0 aliphatic rings. The molecular formula is C15H21N3. The lowest BCUT2D eigenvalue weighted by Crippen LogP contribution is -2.06. The second-order valence-corrected chi connectivity index (χ2v) is 4.94. The minimum atomic E-state index is 0.434. The second-order valence-electron chi connectivity index (χ2n) is 4.94. The molecule has 0 aliphatic carbocycles. The maximum atomic E-state index is 4.58. The highest BCUT2D eigenvalue weighted by atomic mass is 15.3. The van der Waals surface area contributed by atoms with Gasteiger partial charge in [-0.25, -0.2) is 0 Å². The summed E-state index contributed by atoms with van der Waals surface area (Å²) in [5.41, 5.74) is 5.01. The zero-order valence-electron chi connectivity index (χ0n) is 11.6. The van der Waals surface area contributed by atoms with E-state index in [9.17, 15) is 0 Å². The van der Waals surface area contributed by atoms with Crippen molar-refractivity contribution in [2.45, 2.75) is 26.3 Å². The number of nitrogens with zero attached hydrogens (tertiary/aromatic N) is 2. The van der Waals surface area contributed by atoms with Crippen molar-refractivity contribution in [1.82, 2.24) is 15.1 Å². The van der Waals surface area contributed by atoms with Crippen LogP contribution in [0.15, 0.2) is 30.5 Å². The molecule has 0 amide bonds. The smallest absolute Gasteiger partial charge is 0.0728 e. The van der Waals surface area contributed by atoms with Gasteiger partial charge >= 0.3 is 0 Å². The van der Waals surface area contributed by atoms with Gasteiger partial charge in [-0.15, -0.1) is 0 Å². The predicted molar refractivity (Wildman–Crippen MR) is 75.5 cm³/mol. The van der Waals surface area contributed by atoms with Crippen molar-refractivity contribution in [2.75, 3.05) is 7.05 Å². The normalized spacial score (nSPS) is 11.2. The fourth-order valence-electron chi connectivity index (χ4n) is 2.27. The lowest BCUT2D eigenvalue weighted by Gasteiger charge is -2.10. The van der Waals surface area contributed by atoms with Crippen LogP contribution in [0.2, 0.25) is 0 Å². The third kappa shape index (κ3) is 2.46. The fourth-order valence-corrected chi connectivity index (χ4v) is 2.27. The third-order valence-electron chi connectivity index (χ3n) is 3.08. The summed E-state index contributed by atoms with van der Waals surface area (Å²) in [5, 5.41) is 7.81. The van der Waals surface area contributed by atoms with Crippen molar-refractivity contribution in [3.63, 3.8) is 0 Å². The van der Waals surface area contributed by atoms with Crippen molar-refractivity contribution >= 4 is 0 Å². The van der Waals surface area contributed by atoms with E-state index in [-0.39, 0.29) is 0 Å². The summed E-state index contributed by atoms with van der Waals surface area (Å²) in [6.45, 7) is 5.25. The Morgan fingerprint density at radius 1 is 1.22 bits per heavy atom. The van der Waals surface area contributed by atoms with Gasteiger partial charge in [0.15, 0.2) is 0 Å². The van der Waals surface area contributed by atoms with Gasteiger partial charge in [-0.1, -0.05) is 38.1 Å². The van der Waals surface area contributed by atoms with E-state index in [0.717, 1.165) is 6.54 Å². The van der Waals surface area contributed by atoms with Gasteiger partial charge in [0.25, 0.3) is 0 Å². The molecule has 1 N–H and O–H groups in total. The van der Waals surface area contributed by atoms with Crippen LogP contribution in [0, 0.1) is 0 Å². The SMILES string of the molecule is CNCc1ccccc1-c1cn(C)nc1C(C)C. The highest BCUT2D eigenvalue weighted by Crippen LogP contribution is 2.30. The number of aromatic nitrogens is 2. The summed E-state index contributed by atoms with van der Waals surface area (Å²) in [5.74, 6) is 0.434. The third-order valence-corrected chi connectivity index (χ3v) is 3.08. The standard InChI is InChI=1S/C15H21N3/c1-11(2)15-14(10-18(4)17-15)13-8-6-5-7-12(13)9-16-3/h5-8,10-11,16H,9H2,1-4H3. The Labute approximate surface area is 109 Å². The van der Waals surface area contributed by atoms with Crippen molar-refractivity contribution in [3.8, 4) is 11.1 Å². The molecule has 0 radical (unpaired) electrons. The Morgan fingerprint density at radius 3 is 2.61 bits per heavy atom. The van der Waals surface area contributed by atoms with E-state index in [1.54, 1.807) is 0 Å². The summed E-state index contributed by atoms with van der Waals surface area (Å²) in [4.78, 5) is 0. The molecule has 0 saturated heterocycles. The Kier molecular flexibility index (Phi) is 3.82. The van der Waals surface area contributed by atoms with Gasteiger partial charge in [-0.3, -0.25) is 4.68 Å². The largest absolute Gasteiger partial charge is 0.316 e. The minimum absolute atomic E-state index is 0.434. The second kappa shape index (κ2) is 5.36. The van der Waals surface area contributed by atoms with E-state index in [4.69, 9.17) is 0 Å². The van der Waals surface area contributed by atoms with E-state index in [0.29, 0.717) is 5.92 Å². The number of benzene rings is 1. The first-order chi connectivity index (χ1) is 8.63. The molecule has 2 aromatic rings. The molecule has 3 nitrogen and oxygen atoms in total. The van der Waals surface area contributed by atoms with E-state index < -0.39 is 0 Å². The van der Waals surface area contributed by atoms with Crippen LogP contribution in [0.5, 0.6) is 0 Å². The van der Waals surface area contributed by atoms with Crippen LogP contribution in [0.4, 0.5) is 0 Å². The molecule has 0 atom stereocenters. The van der Waals surface area contributed by atoms with Crippen molar-refractivity contribution in [3.05, 3.63) is 41.7 Å². The fraction of sp³-hybridized carbons (Fsp3) is 0.400. The molecule has 0 saturated carbocycles. The first-order valence-electron chi connectivity index (χ1n) is 6.40. The van der Waals surface area contributed by atoms with Crippen LogP contribution in [-0.2, 0) is 13.6 Å². The van der Waals surface area contributed by atoms with Crippen molar-refractivity contribution in [2.24, 2.45) is 7.05 Å². The highest BCUT2D eigenvalue weighted by molar-refractivity contribution is 5.69. The van der Waals surface area contributed by atoms with E-state index in [1.165, 1.54) is 22.4 Å². The van der Waals surface area contributed by atoms with Gasteiger partial charge < -0.3 is 5.32 Å². The Bertz CT molecular complexity index is 526. The molecule has 96 valence electrons. The van der Waals surface area contributed by atoms with E-state index >= 15 is 0 Å². The molecule has 1 aromatic heterocycles. The number of rotatable bonds is 4. The molecule has 18 heavy (non-hydrogen) atoms. The van der Waals surface area contributed by atoms with Gasteiger partial charge in [0.05, 0.1) is 5.69 Å². The first-order valence-corrected chi connectivity index (χ1v) is 6.40. The number of hydrogen-bond acceptors (Lipinski definition) is 2. The molecule has 0 spiro atoms. The average Bonchev–Trinajstić information content (AvgIpc) is 2.72. The number of aryl methyl sites for hydroxylation is 1. The van der Waals surface area contributed by atoms with Gasteiger partial charge in [0.2, 0.25) is 0 Å². The van der Waals surface area contributed by atoms with E-state index in [1.807, 2.05) is 18.8 Å². The Hall–Kier alpha value is -1.61. The summed E-state index contributed by atoms with van der Waals surface area (Å²) >= 11 is 0. The minimum Gasteiger partial charge on any atom is -0.316 e. The summed E-state index contributed by atoms with van der Waals surface area (Å²) < 4.78 is 1.90. The average molecular weight is 243 g/mol. The zero-order valence-corrected chi connectivity index (χ0v) is 11.6. The lowest BCUT2D eigenvalue weighted by atomic mass is 9.96. The summed E-state index contributed by atoms with van der Waals surface area (Å²) in [6, 6.07) is 8.52. The molecule has 2 rings (SSSR count). The summed E-state index contributed by atoms with van der Waals surface area (Å²) in [6.07, 6.45) is 2.11. The van der Waals surface area contributed by atoms with Crippen LogP contribution in [0.1, 0.15) is 31.0 Å². The lowest BCUT2D eigenvalue weighted by molar-refractivity contribution is 0.713. The van der Waals surface area contributed by atoms with Gasteiger partial charge in [-0.2, -0.15) is 5.10 Å². The van der Waals surface area contributed by atoms with Gasteiger partial charge in [0.1, 0.15) is 0 Å². The highest BCUT2D eigenvalue weighted by Gasteiger charge is 2.15. The van der Waals surface area contributed by atoms with Crippen LogP contribution in [-0.4, -0.2) is 16.8 Å². The monoisotopic (exact) mass is 243 g/mol. The van der Waals surface area contributed by atoms with Crippen molar-refractivity contribution in [1.29, 1.82) is 0 Å². The molecule has 0 bridgehead atoms. The molecule has 0 fully saturated rings. The number of hydrogen-bond donors (Lipinski definition) is 1. The quantitative estimate of drug-likeness (QED) is 0.894. The molecule has 0 unspecified atom stereocenters. The molecular weight excluding hydrogens is 222 g/mol. The molecule has 3 heteroatoms. The molecule has 1 heterocycles. The van der Waals surface area contributed by atoms with Gasteiger partial charge in [-0.05, 0) is 24.1 Å². The molecule has 1 aromatic carbocycles. The topological polar surface area (TPSA) is 29.9 Å². The first kappa shape index (κ1) is 12.8. The molecule has 0 aliphatic heterocycles. The Morgan fingerprint density at radius 2 is 1.94 bits per heavy atom. The Balaban J connectivity index is 2.54. The zero-order chi connectivity index (χ0) is 13.1. The maximum absolute atomic E-state index is 4.58. The van der Waals surface area contributed by atoms with Crippen LogP contribution >= 0.6 is 0 Å². The van der Waals surface area contributed by atoms with Crippen LogP contribution < -0.4 is 5.32 Å². The van der Waals surface area contributed by atoms with Gasteiger partial charge in [0, 0.05) is 25.4 Å². The van der Waals surface area contributed by atoms with Crippen LogP contribution in [0.3, 0.4) is 0 Å². The summed E-state index contributed by atoms with van der Waals surface area (Å²) in [7, 11) is 3.96. The van der Waals surface area contributed by atoms with Crippen molar-refractivity contribution < 1.29 is 0 Å². The predicted octanol–water partition coefficient (Wildman–Crippen LogP) is 2.93. The maximum Gasteiger partial charge on any atom is 0.0728 e. The van der Waals surface area contributed by atoms with Crippen LogP contribution in [0.25, 0.3) is 11.1 Å². The number of nitrogens with one attached hydrogen (secondary N) is 1. The van der Waals surface area contributed by atoms with E-state index in [2.05, 4.69) is 54.7 Å².